The third-order valence-corrected chi connectivity index (χ3v) is 12.0. The number of rotatable bonds is 36. The Morgan fingerprint density at radius 3 is 1.21 bits per heavy atom. The lowest BCUT2D eigenvalue weighted by Gasteiger charge is -2.40. The number of ether oxygens (including phenoxy) is 2. The van der Waals surface area contributed by atoms with E-state index < -0.39 is 17.8 Å². The van der Waals surface area contributed by atoms with Crippen molar-refractivity contribution in [3.05, 3.63) is 35.9 Å². The molecule has 8 heteroatoms. The molecule has 0 unspecified atom stereocenters. The summed E-state index contributed by atoms with van der Waals surface area (Å²) in [6.07, 6.45) is 38.4. The van der Waals surface area contributed by atoms with Crippen LogP contribution in [0.5, 0.6) is 0 Å². The van der Waals surface area contributed by atoms with Crippen LogP contribution in [0.1, 0.15) is 212 Å². The number of carbonyl (C=O) groups excluding carboxylic acids is 2. The summed E-state index contributed by atoms with van der Waals surface area (Å²) in [4.78, 5) is 25.7. The summed E-state index contributed by atoms with van der Waals surface area (Å²) in [6.45, 7) is 7.79. The Morgan fingerprint density at radius 2 is 0.828 bits per heavy atom. The molecule has 58 heavy (non-hydrogen) atoms. The molecule has 0 aliphatic carbocycles. The molecule has 8 nitrogen and oxygen atoms in total. The number of alkyl carbamates (subject to hydrolysis) is 2. The van der Waals surface area contributed by atoms with Crippen molar-refractivity contribution in [2.75, 3.05) is 36.9 Å². The van der Waals surface area contributed by atoms with Crippen LogP contribution in [0.4, 0.5) is 21.0 Å². The van der Waals surface area contributed by atoms with Crippen molar-refractivity contribution in [1.29, 1.82) is 0 Å². The third-order valence-electron chi connectivity index (χ3n) is 12.0. The maximum atomic E-state index is 12.9. The van der Waals surface area contributed by atoms with Gasteiger partial charge in [-0.2, -0.15) is 0 Å². The number of unbranched alkanes of at least 4 members (excludes halogenated alkanes) is 28. The van der Waals surface area contributed by atoms with Crippen LogP contribution < -0.4 is 21.3 Å². The van der Waals surface area contributed by atoms with E-state index in [9.17, 15) is 9.59 Å². The molecule has 2 aromatic carbocycles. The number of anilines is 2. The van der Waals surface area contributed by atoms with E-state index in [4.69, 9.17) is 9.47 Å². The highest BCUT2D eigenvalue weighted by atomic mass is 16.6. The van der Waals surface area contributed by atoms with Gasteiger partial charge in [-0.25, -0.2) is 9.59 Å². The maximum Gasteiger partial charge on any atom is 0.407 e. The summed E-state index contributed by atoms with van der Waals surface area (Å²) in [5.74, 6) is 0. The molecule has 2 aromatic rings. The van der Waals surface area contributed by atoms with E-state index >= 15 is 0 Å². The zero-order chi connectivity index (χ0) is 41.4. The fourth-order valence-electron chi connectivity index (χ4n) is 8.35. The van der Waals surface area contributed by atoms with Gasteiger partial charge in [0.25, 0.3) is 0 Å². The fourth-order valence-corrected chi connectivity index (χ4v) is 8.35. The van der Waals surface area contributed by atoms with Crippen molar-refractivity contribution >= 4 is 34.3 Å². The molecule has 4 N–H and O–H groups in total. The minimum absolute atomic E-state index is 0.0201. The van der Waals surface area contributed by atoms with Crippen LogP contribution in [-0.2, 0) is 9.47 Å². The summed E-state index contributed by atoms with van der Waals surface area (Å²) < 4.78 is 11.6. The van der Waals surface area contributed by atoms with Crippen LogP contribution in [0.15, 0.2) is 30.3 Å². The van der Waals surface area contributed by atoms with Gasteiger partial charge in [0, 0.05) is 29.9 Å². The van der Waals surface area contributed by atoms with Crippen LogP contribution in [0, 0.1) is 6.92 Å². The van der Waals surface area contributed by atoms with Crippen molar-refractivity contribution in [2.45, 2.75) is 219 Å². The molecule has 0 fully saturated rings. The van der Waals surface area contributed by atoms with E-state index in [1.807, 2.05) is 18.2 Å². The predicted molar refractivity (Wildman–Crippen MR) is 247 cm³/mol. The number of hydrogen-bond acceptors (Lipinski definition) is 6. The molecule has 0 saturated heterocycles. The highest BCUT2D eigenvalue weighted by Gasteiger charge is 2.38. The van der Waals surface area contributed by atoms with E-state index in [0.29, 0.717) is 13.1 Å². The van der Waals surface area contributed by atoms with Crippen LogP contribution in [-0.4, -0.2) is 44.2 Å². The summed E-state index contributed by atoms with van der Waals surface area (Å²) in [5.41, 5.74) is 1.99. The zero-order valence-corrected chi connectivity index (χ0v) is 37.6. The number of amides is 2. The van der Waals surface area contributed by atoms with Crippen molar-refractivity contribution in [2.24, 2.45) is 0 Å². The molecular weight excluding hydrogens is 721 g/mol. The molecule has 330 valence electrons. The average Bonchev–Trinajstić information content (AvgIpc) is 3.23. The highest BCUT2D eigenvalue weighted by molar-refractivity contribution is 6.06. The topological polar surface area (TPSA) is 101 Å². The van der Waals surface area contributed by atoms with Crippen molar-refractivity contribution < 1.29 is 19.1 Å². The Bertz CT molecular complexity index is 1300. The predicted octanol–water partition coefficient (Wildman–Crippen LogP) is 14.9. The summed E-state index contributed by atoms with van der Waals surface area (Å²) in [7, 11) is 0. The van der Waals surface area contributed by atoms with Gasteiger partial charge in [0.15, 0.2) is 5.66 Å². The normalized spacial score (nSPS) is 12.9. The molecule has 0 saturated carbocycles. The summed E-state index contributed by atoms with van der Waals surface area (Å²) in [6, 6.07) is 10.3. The number of nitrogens with one attached hydrogen (secondary N) is 4. The molecule has 0 spiro atoms. The average molecular weight is 807 g/mol. The Balaban J connectivity index is 1.29. The Kier molecular flexibility index (Phi) is 26.9. The molecule has 0 atom stereocenters. The van der Waals surface area contributed by atoms with E-state index in [0.717, 1.165) is 47.8 Å². The van der Waals surface area contributed by atoms with Crippen molar-refractivity contribution in [3.8, 4) is 0 Å². The maximum absolute atomic E-state index is 12.9. The highest BCUT2D eigenvalue weighted by Crippen LogP contribution is 2.39. The molecule has 3 rings (SSSR count). The van der Waals surface area contributed by atoms with E-state index in [-0.39, 0.29) is 13.2 Å². The molecule has 0 radical (unpaired) electrons. The molecule has 1 aliphatic rings. The lowest BCUT2D eigenvalue weighted by Crippen LogP contribution is -2.57. The van der Waals surface area contributed by atoms with Gasteiger partial charge >= 0.3 is 12.2 Å². The largest absolute Gasteiger partial charge is 0.445 e. The summed E-state index contributed by atoms with van der Waals surface area (Å²) in [5, 5.41) is 15.2. The molecular formula is C50H86N4O4. The lowest BCUT2D eigenvalue weighted by atomic mass is 9.97. The monoisotopic (exact) mass is 807 g/mol. The number of benzene rings is 2. The number of carbonyl (C=O) groups is 2. The van der Waals surface area contributed by atoms with Gasteiger partial charge in [0.2, 0.25) is 0 Å². The minimum Gasteiger partial charge on any atom is -0.445 e. The van der Waals surface area contributed by atoms with Crippen LogP contribution in [0.25, 0.3) is 10.8 Å². The van der Waals surface area contributed by atoms with Gasteiger partial charge in [-0.05, 0) is 42.8 Å². The lowest BCUT2D eigenvalue weighted by molar-refractivity contribution is 0.0871. The first-order chi connectivity index (χ1) is 28.5. The Labute approximate surface area is 354 Å². The zero-order valence-electron chi connectivity index (χ0n) is 37.6. The fraction of sp³-hybridized carbons (Fsp3) is 0.760. The molecule has 2 amide bonds. The summed E-state index contributed by atoms with van der Waals surface area (Å²) >= 11 is 0. The molecule has 0 bridgehead atoms. The third kappa shape index (κ3) is 21.2. The second-order valence-corrected chi connectivity index (χ2v) is 17.4. The van der Waals surface area contributed by atoms with Gasteiger partial charge < -0.3 is 30.7 Å². The van der Waals surface area contributed by atoms with Gasteiger partial charge in [0.05, 0.1) is 0 Å². The van der Waals surface area contributed by atoms with Gasteiger partial charge in [0.1, 0.15) is 13.2 Å². The van der Waals surface area contributed by atoms with E-state index in [2.05, 4.69) is 54.2 Å². The Morgan fingerprint density at radius 1 is 0.483 bits per heavy atom. The standard InChI is InChI=1S/C50H86N4O4/c1-4-6-8-10-12-14-16-18-20-22-24-26-28-30-32-39-51-48(55)57-41-50(53-45-36-34-35-44-43(3)37-38-46(54-50)47(44)45)42-58-49(56)52-40-33-31-29-27-25-23-21-19-17-15-13-11-9-7-5-2/h34-38,53-54H,4-33,39-42H2,1-3H3,(H,51,55)(H,52,56). The van der Waals surface area contributed by atoms with Crippen LogP contribution in [0.2, 0.25) is 0 Å². The van der Waals surface area contributed by atoms with E-state index in [1.54, 1.807) is 0 Å². The van der Waals surface area contributed by atoms with E-state index in [1.165, 1.54) is 173 Å². The SMILES string of the molecule is CCCCCCCCCCCCCCCCCNC(=O)OCC1(COC(=O)NCCCCCCCCCCCCCCCCC)Nc2cccc3c(C)ccc(c23)N1. The first kappa shape index (κ1) is 49.2. The molecule has 0 aromatic heterocycles. The Hall–Kier alpha value is -3.16. The number of aryl methyl sites for hydroxylation is 1. The van der Waals surface area contributed by atoms with Gasteiger partial charge in [-0.3, -0.25) is 0 Å². The second kappa shape index (κ2) is 31.7. The van der Waals surface area contributed by atoms with Crippen LogP contribution >= 0.6 is 0 Å². The number of hydrogen-bond donors (Lipinski definition) is 4. The first-order valence-corrected chi connectivity index (χ1v) is 24.4. The quantitative estimate of drug-likeness (QED) is 0.0512. The van der Waals surface area contributed by atoms with Crippen LogP contribution in [0.3, 0.4) is 0 Å². The van der Waals surface area contributed by atoms with Gasteiger partial charge in [-0.15, -0.1) is 0 Å². The van der Waals surface area contributed by atoms with Crippen molar-refractivity contribution in [3.63, 3.8) is 0 Å². The molecule has 1 aliphatic heterocycles. The van der Waals surface area contributed by atoms with Gasteiger partial charge in [-0.1, -0.05) is 212 Å². The first-order valence-electron chi connectivity index (χ1n) is 24.4. The smallest absolute Gasteiger partial charge is 0.407 e. The minimum atomic E-state index is -1.02. The van der Waals surface area contributed by atoms with Crippen molar-refractivity contribution in [1.82, 2.24) is 10.6 Å². The second-order valence-electron chi connectivity index (χ2n) is 17.4. The molecule has 1 heterocycles.